The predicted octanol–water partition coefficient (Wildman–Crippen LogP) is 5.47. The molecule has 26 heavy (non-hydrogen) atoms. The highest BCUT2D eigenvalue weighted by Crippen LogP contribution is 2.31. The lowest BCUT2D eigenvalue weighted by atomic mass is 10.1. The molecule has 0 fully saturated rings. The van der Waals surface area contributed by atoms with Gasteiger partial charge in [-0.15, -0.1) is 0 Å². The zero-order valence-electron chi connectivity index (χ0n) is 13.6. The van der Waals surface area contributed by atoms with Crippen LogP contribution >= 0.6 is 11.6 Å². The Labute approximate surface area is 153 Å². The lowest BCUT2D eigenvalue weighted by Gasteiger charge is -2.12. The summed E-state index contributed by atoms with van der Waals surface area (Å²) in [6, 6.07) is 17.0. The number of hydrogen-bond donors (Lipinski definition) is 1. The summed E-state index contributed by atoms with van der Waals surface area (Å²) in [5.41, 5.74) is 0.809. The van der Waals surface area contributed by atoms with Crippen LogP contribution in [0.2, 0.25) is 5.02 Å². The Morgan fingerprint density at radius 2 is 1.62 bits per heavy atom. The third kappa shape index (κ3) is 4.73. The molecule has 134 valence electrons. The van der Waals surface area contributed by atoms with E-state index in [2.05, 4.69) is 15.3 Å². The van der Waals surface area contributed by atoms with Crippen LogP contribution in [0, 0.1) is 0 Å². The van der Waals surface area contributed by atoms with Gasteiger partial charge in [-0.3, -0.25) is 0 Å². The van der Waals surface area contributed by atoms with Crippen LogP contribution in [-0.4, -0.2) is 16.5 Å². The maximum absolute atomic E-state index is 13.2. The molecule has 0 saturated carbocycles. The van der Waals surface area contributed by atoms with Crippen molar-refractivity contribution in [3.05, 3.63) is 76.9 Å². The lowest BCUT2D eigenvalue weighted by molar-refractivity contribution is -0.141. The van der Waals surface area contributed by atoms with Gasteiger partial charge in [0, 0.05) is 17.1 Å². The van der Waals surface area contributed by atoms with E-state index in [0.717, 1.165) is 11.6 Å². The number of hydrogen-bond acceptors (Lipinski definition) is 3. The van der Waals surface area contributed by atoms with Crippen molar-refractivity contribution in [3.63, 3.8) is 0 Å². The molecule has 0 aliphatic carbocycles. The quantitative estimate of drug-likeness (QED) is 0.640. The maximum atomic E-state index is 13.2. The molecule has 0 aliphatic heterocycles. The predicted molar refractivity (Wildman–Crippen MR) is 96.1 cm³/mol. The lowest BCUT2D eigenvalue weighted by Crippen LogP contribution is -2.14. The summed E-state index contributed by atoms with van der Waals surface area (Å²) in [6.45, 7) is 0.422. The number of rotatable bonds is 5. The van der Waals surface area contributed by atoms with Gasteiger partial charge < -0.3 is 5.32 Å². The first kappa shape index (κ1) is 18.2. The fourth-order valence-electron chi connectivity index (χ4n) is 2.40. The minimum absolute atomic E-state index is 0.0549. The summed E-state index contributed by atoms with van der Waals surface area (Å²) in [4.78, 5) is 7.82. The van der Waals surface area contributed by atoms with Gasteiger partial charge in [0.15, 0.2) is 5.69 Å². The third-order valence-electron chi connectivity index (χ3n) is 3.70. The van der Waals surface area contributed by atoms with Crippen molar-refractivity contribution in [3.8, 4) is 11.3 Å². The molecule has 0 bridgehead atoms. The molecule has 0 radical (unpaired) electrons. The molecule has 0 saturated heterocycles. The molecule has 0 atom stereocenters. The van der Waals surface area contributed by atoms with E-state index in [9.17, 15) is 13.2 Å². The number of anilines is 1. The van der Waals surface area contributed by atoms with Crippen LogP contribution in [0.5, 0.6) is 0 Å². The largest absolute Gasteiger partial charge is 0.433 e. The molecule has 7 heteroatoms. The first-order chi connectivity index (χ1) is 12.4. The average molecular weight is 378 g/mol. The highest BCUT2D eigenvalue weighted by molar-refractivity contribution is 6.30. The second-order valence-electron chi connectivity index (χ2n) is 5.63. The molecule has 3 aromatic rings. The van der Waals surface area contributed by atoms with Crippen molar-refractivity contribution in [1.29, 1.82) is 0 Å². The normalized spacial score (nSPS) is 11.4. The summed E-state index contributed by atoms with van der Waals surface area (Å²) >= 11 is 5.84. The highest BCUT2D eigenvalue weighted by atomic mass is 35.5. The Hall–Kier alpha value is -2.60. The second kappa shape index (κ2) is 7.74. The van der Waals surface area contributed by atoms with Crippen LogP contribution in [-0.2, 0) is 12.6 Å². The van der Waals surface area contributed by atoms with E-state index in [4.69, 9.17) is 11.6 Å². The molecule has 0 amide bonds. The van der Waals surface area contributed by atoms with Crippen LogP contribution in [0.4, 0.5) is 19.1 Å². The van der Waals surface area contributed by atoms with Crippen LogP contribution in [0.25, 0.3) is 11.3 Å². The van der Waals surface area contributed by atoms with Gasteiger partial charge in [0.25, 0.3) is 0 Å². The van der Waals surface area contributed by atoms with Crippen molar-refractivity contribution in [1.82, 2.24) is 9.97 Å². The van der Waals surface area contributed by atoms with Gasteiger partial charge in [0.2, 0.25) is 5.95 Å². The molecule has 2 aromatic carbocycles. The monoisotopic (exact) mass is 377 g/mol. The molecule has 0 aliphatic rings. The van der Waals surface area contributed by atoms with Gasteiger partial charge in [-0.1, -0.05) is 54.1 Å². The van der Waals surface area contributed by atoms with E-state index < -0.39 is 11.9 Å². The molecule has 0 spiro atoms. The third-order valence-corrected chi connectivity index (χ3v) is 3.95. The molecule has 1 N–H and O–H groups in total. The minimum atomic E-state index is -4.56. The smallest absolute Gasteiger partial charge is 0.354 e. The van der Waals surface area contributed by atoms with Crippen molar-refractivity contribution >= 4 is 17.5 Å². The fraction of sp³-hybridized carbons (Fsp3) is 0.158. The number of aromatic nitrogens is 2. The van der Waals surface area contributed by atoms with Crippen molar-refractivity contribution < 1.29 is 13.2 Å². The maximum Gasteiger partial charge on any atom is 0.433 e. The summed E-state index contributed by atoms with van der Waals surface area (Å²) in [5.74, 6) is -0.0549. The van der Waals surface area contributed by atoms with Crippen LogP contribution in [0.1, 0.15) is 11.3 Å². The molecule has 1 heterocycles. The van der Waals surface area contributed by atoms with Gasteiger partial charge in [-0.25, -0.2) is 9.97 Å². The van der Waals surface area contributed by atoms with Gasteiger partial charge in [0.05, 0.1) is 5.69 Å². The van der Waals surface area contributed by atoms with Gasteiger partial charge in [-0.05, 0) is 30.2 Å². The SMILES string of the molecule is FC(F)(F)c1cc(-c2ccc(Cl)cc2)nc(NCCc2ccccc2)n1. The Morgan fingerprint density at radius 1 is 0.923 bits per heavy atom. The van der Waals surface area contributed by atoms with E-state index in [-0.39, 0.29) is 11.6 Å². The molecular weight excluding hydrogens is 363 g/mol. The molecule has 3 rings (SSSR count). The standard InChI is InChI=1S/C19H15ClF3N3/c20-15-8-6-14(7-9-15)16-12-17(19(21,22)23)26-18(25-16)24-11-10-13-4-2-1-3-5-13/h1-9,12H,10-11H2,(H,24,25,26). The molecule has 0 unspecified atom stereocenters. The number of alkyl halides is 3. The number of halogens is 4. The second-order valence-corrected chi connectivity index (χ2v) is 6.07. The first-order valence-corrected chi connectivity index (χ1v) is 8.29. The topological polar surface area (TPSA) is 37.8 Å². The fourth-order valence-corrected chi connectivity index (χ4v) is 2.53. The number of nitrogens with zero attached hydrogens (tertiary/aromatic N) is 2. The summed E-state index contributed by atoms with van der Waals surface area (Å²) in [5, 5.41) is 3.38. The Morgan fingerprint density at radius 3 is 2.27 bits per heavy atom. The Bertz CT molecular complexity index is 865. The molecular formula is C19H15ClF3N3. The summed E-state index contributed by atoms with van der Waals surface area (Å²) in [6.07, 6.45) is -3.91. The van der Waals surface area contributed by atoms with Gasteiger partial charge in [0.1, 0.15) is 0 Å². The van der Waals surface area contributed by atoms with E-state index in [0.29, 0.717) is 23.6 Å². The van der Waals surface area contributed by atoms with Crippen LogP contribution in [0.3, 0.4) is 0 Å². The Balaban J connectivity index is 1.84. The van der Waals surface area contributed by atoms with Gasteiger partial charge in [-0.2, -0.15) is 13.2 Å². The minimum Gasteiger partial charge on any atom is -0.354 e. The zero-order valence-corrected chi connectivity index (χ0v) is 14.3. The van der Waals surface area contributed by atoms with Crippen molar-refractivity contribution in [2.24, 2.45) is 0 Å². The van der Waals surface area contributed by atoms with E-state index in [1.54, 1.807) is 24.3 Å². The van der Waals surface area contributed by atoms with E-state index in [1.165, 1.54) is 0 Å². The number of benzene rings is 2. The highest BCUT2D eigenvalue weighted by Gasteiger charge is 2.33. The summed E-state index contributed by atoms with van der Waals surface area (Å²) in [7, 11) is 0. The average Bonchev–Trinajstić information content (AvgIpc) is 2.62. The van der Waals surface area contributed by atoms with Crippen molar-refractivity contribution in [2.45, 2.75) is 12.6 Å². The first-order valence-electron chi connectivity index (χ1n) is 7.92. The van der Waals surface area contributed by atoms with E-state index >= 15 is 0 Å². The molecule has 3 nitrogen and oxygen atoms in total. The van der Waals surface area contributed by atoms with Gasteiger partial charge >= 0.3 is 6.18 Å². The van der Waals surface area contributed by atoms with Crippen LogP contribution < -0.4 is 5.32 Å². The Kier molecular flexibility index (Phi) is 5.42. The zero-order chi connectivity index (χ0) is 18.6. The number of nitrogens with one attached hydrogen (secondary N) is 1. The van der Waals surface area contributed by atoms with Crippen molar-refractivity contribution in [2.75, 3.05) is 11.9 Å². The summed E-state index contributed by atoms with van der Waals surface area (Å²) < 4.78 is 39.5. The molecule has 1 aromatic heterocycles. The van der Waals surface area contributed by atoms with Crippen LogP contribution in [0.15, 0.2) is 60.7 Å². The van der Waals surface area contributed by atoms with E-state index in [1.807, 2.05) is 30.3 Å².